The van der Waals surface area contributed by atoms with E-state index in [-0.39, 0.29) is 6.61 Å². The van der Waals surface area contributed by atoms with E-state index < -0.39 is 18.2 Å². The average molecular weight is 210 g/mol. The van der Waals surface area contributed by atoms with E-state index in [1.54, 1.807) is 0 Å². The maximum Gasteiger partial charge on any atom is 0.338 e. The van der Waals surface area contributed by atoms with Gasteiger partial charge in [0.25, 0.3) is 0 Å². The number of hydrogen-bond donors (Lipinski definition) is 2. The number of carbonyl (C=O) groups is 1. The maximum absolute atomic E-state index is 10.8. The summed E-state index contributed by atoms with van der Waals surface area (Å²) in [6, 6.07) is 9.22. The fourth-order valence-corrected chi connectivity index (χ4v) is 0.992. The monoisotopic (exact) mass is 210 g/mol. The highest BCUT2D eigenvalue weighted by Crippen LogP contribution is 2.13. The molecule has 4 heteroatoms. The lowest BCUT2D eigenvalue weighted by Gasteiger charge is -2.22. The van der Waals surface area contributed by atoms with Crippen molar-refractivity contribution < 1.29 is 19.7 Å². The summed E-state index contributed by atoms with van der Waals surface area (Å²) in [7, 11) is 0. The zero-order chi connectivity index (χ0) is 11.3. The normalized spacial score (nSPS) is 14.5. The average Bonchev–Trinajstić information content (AvgIpc) is 2.27. The van der Waals surface area contributed by atoms with Crippen LogP contribution in [0.25, 0.3) is 0 Å². The number of aliphatic hydroxyl groups is 1. The fraction of sp³-hybridized carbons (Fsp3) is 0.364. The van der Waals surface area contributed by atoms with Gasteiger partial charge in [0.2, 0.25) is 0 Å². The van der Waals surface area contributed by atoms with Crippen LogP contribution in [-0.2, 0) is 16.1 Å². The summed E-state index contributed by atoms with van der Waals surface area (Å²) in [5, 5.41) is 17.8. The molecule has 82 valence electrons. The van der Waals surface area contributed by atoms with Crippen molar-refractivity contribution in [1.29, 1.82) is 0 Å². The molecule has 0 bridgehead atoms. The van der Waals surface area contributed by atoms with Crippen molar-refractivity contribution in [3.63, 3.8) is 0 Å². The molecule has 0 amide bonds. The minimum Gasteiger partial charge on any atom is -0.479 e. The number of rotatable bonds is 5. The van der Waals surface area contributed by atoms with Gasteiger partial charge in [0.1, 0.15) is 0 Å². The highest BCUT2D eigenvalue weighted by molar-refractivity contribution is 5.77. The third-order valence-corrected chi connectivity index (χ3v) is 2.15. The number of aliphatic hydroxyl groups excluding tert-OH is 1. The number of carboxylic acids is 1. The molecule has 0 aromatic heterocycles. The van der Waals surface area contributed by atoms with Crippen molar-refractivity contribution in [2.75, 3.05) is 6.61 Å². The van der Waals surface area contributed by atoms with Gasteiger partial charge >= 0.3 is 5.97 Å². The molecule has 1 rings (SSSR count). The lowest BCUT2D eigenvalue weighted by atomic mass is 10.1. The molecule has 4 nitrogen and oxygen atoms in total. The third kappa shape index (κ3) is 3.04. The lowest BCUT2D eigenvalue weighted by Crippen LogP contribution is -2.41. The topological polar surface area (TPSA) is 66.8 Å². The van der Waals surface area contributed by atoms with Crippen LogP contribution in [0.2, 0.25) is 0 Å². The Kier molecular flexibility index (Phi) is 3.82. The van der Waals surface area contributed by atoms with Gasteiger partial charge < -0.3 is 14.9 Å². The van der Waals surface area contributed by atoms with E-state index in [9.17, 15) is 4.79 Å². The predicted molar refractivity (Wildman–Crippen MR) is 54.4 cm³/mol. The number of carboxylic acid groups (broad SMARTS) is 1. The fourth-order valence-electron chi connectivity index (χ4n) is 0.992. The Bertz CT molecular complexity index is 323. The number of aliphatic carboxylic acids is 1. The van der Waals surface area contributed by atoms with E-state index in [1.807, 2.05) is 30.3 Å². The molecule has 0 aliphatic carbocycles. The molecule has 0 heterocycles. The molecule has 0 aliphatic heterocycles. The molecule has 1 atom stereocenters. The van der Waals surface area contributed by atoms with Crippen LogP contribution in [0.5, 0.6) is 0 Å². The Labute approximate surface area is 88.1 Å². The van der Waals surface area contributed by atoms with E-state index in [0.717, 1.165) is 5.56 Å². The van der Waals surface area contributed by atoms with Crippen LogP contribution < -0.4 is 0 Å². The largest absolute Gasteiger partial charge is 0.479 e. The van der Waals surface area contributed by atoms with Gasteiger partial charge in [0.05, 0.1) is 13.2 Å². The first-order chi connectivity index (χ1) is 7.08. The van der Waals surface area contributed by atoms with Crippen LogP contribution in [0.15, 0.2) is 30.3 Å². The van der Waals surface area contributed by atoms with E-state index in [0.29, 0.717) is 0 Å². The summed E-state index contributed by atoms with van der Waals surface area (Å²) in [6.07, 6.45) is 0. The van der Waals surface area contributed by atoms with E-state index in [1.165, 1.54) is 6.92 Å². The van der Waals surface area contributed by atoms with Crippen molar-refractivity contribution in [1.82, 2.24) is 0 Å². The van der Waals surface area contributed by atoms with Crippen LogP contribution in [0.4, 0.5) is 0 Å². The SMILES string of the molecule is C[C@](CO)(OCc1ccccc1)C(=O)O. The summed E-state index contributed by atoms with van der Waals surface area (Å²) in [5.74, 6) is -1.17. The predicted octanol–water partition coefficient (Wildman–Crippen LogP) is 1.04. The summed E-state index contributed by atoms with van der Waals surface area (Å²) in [5.41, 5.74) is -0.658. The Hall–Kier alpha value is -1.39. The van der Waals surface area contributed by atoms with Gasteiger partial charge in [0, 0.05) is 0 Å². The molecule has 1 aromatic carbocycles. The highest BCUT2D eigenvalue weighted by Gasteiger charge is 2.33. The lowest BCUT2D eigenvalue weighted by molar-refractivity contribution is -0.170. The molecule has 0 fully saturated rings. The van der Waals surface area contributed by atoms with Gasteiger partial charge in [-0.2, -0.15) is 0 Å². The third-order valence-electron chi connectivity index (χ3n) is 2.15. The van der Waals surface area contributed by atoms with Crippen LogP contribution in [0, 0.1) is 0 Å². The first-order valence-electron chi connectivity index (χ1n) is 4.60. The standard InChI is InChI=1S/C11H14O4/c1-11(8-12,10(13)14)15-7-9-5-3-2-4-6-9/h2-6,12H,7-8H2,1H3,(H,13,14)/t11-/m1/s1. The van der Waals surface area contributed by atoms with Crippen LogP contribution in [0.3, 0.4) is 0 Å². The molecule has 0 saturated carbocycles. The second kappa shape index (κ2) is 4.91. The molecule has 1 aromatic rings. The molecule has 0 radical (unpaired) electrons. The van der Waals surface area contributed by atoms with Crippen molar-refractivity contribution in [2.45, 2.75) is 19.1 Å². The van der Waals surface area contributed by atoms with Crippen LogP contribution in [0.1, 0.15) is 12.5 Å². The maximum atomic E-state index is 10.8. The van der Waals surface area contributed by atoms with Crippen molar-refractivity contribution in [3.05, 3.63) is 35.9 Å². The van der Waals surface area contributed by atoms with Crippen molar-refractivity contribution >= 4 is 5.97 Å². The first-order valence-corrected chi connectivity index (χ1v) is 4.60. The minimum absolute atomic E-state index is 0.171. The smallest absolute Gasteiger partial charge is 0.338 e. The Morgan fingerprint density at radius 1 is 1.40 bits per heavy atom. The second-order valence-corrected chi connectivity index (χ2v) is 3.47. The zero-order valence-corrected chi connectivity index (χ0v) is 8.51. The van der Waals surface area contributed by atoms with Gasteiger partial charge in [-0.05, 0) is 12.5 Å². The van der Waals surface area contributed by atoms with Gasteiger partial charge in [-0.15, -0.1) is 0 Å². The summed E-state index contributed by atoms with van der Waals surface area (Å²) in [6.45, 7) is 0.970. The second-order valence-electron chi connectivity index (χ2n) is 3.47. The van der Waals surface area contributed by atoms with E-state index in [4.69, 9.17) is 14.9 Å². The zero-order valence-electron chi connectivity index (χ0n) is 8.51. The first kappa shape index (κ1) is 11.7. The van der Waals surface area contributed by atoms with Crippen LogP contribution in [-0.4, -0.2) is 28.4 Å². The quantitative estimate of drug-likeness (QED) is 0.762. The van der Waals surface area contributed by atoms with Gasteiger partial charge in [0.15, 0.2) is 5.60 Å². The summed E-state index contributed by atoms with van der Waals surface area (Å²) < 4.78 is 5.18. The molecule has 0 unspecified atom stereocenters. The van der Waals surface area contributed by atoms with Crippen molar-refractivity contribution in [2.24, 2.45) is 0 Å². The van der Waals surface area contributed by atoms with E-state index >= 15 is 0 Å². The highest BCUT2D eigenvalue weighted by atomic mass is 16.5. The molecular formula is C11H14O4. The van der Waals surface area contributed by atoms with Crippen LogP contribution >= 0.6 is 0 Å². The van der Waals surface area contributed by atoms with Gasteiger partial charge in [-0.3, -0.25) is 0 Å². The molecular weight excluding hydrogens is 196 g/mol. The van der Waals surface area contributed by atoms with Gasteiger partial charge in [-0.25, -0.2) is 4.79 Å². The Morgan fingerprint density at radius 2 is 2.00 bits per heavy atom. The Morgan fingerprint density at radius 3 is 2.47 bits per heavy atom. The molecule has 15 heavy (non-hydrogen) atoms. The number of hydrogen-bond acceptors (Lipinski definition) is 3. The summed E-state index contributed by atoms with van der Waals surface area (Å²) in [4.78, 5) is 10.8. The minimum atomic E-state index is -1.53. The molecule has 0 aliphatic rings. The van der Waals surface area contributed by atoms with Gasteiger partial charge in [-0.1, -0.05) is 30.3 Å². The van der Waals surface area contributed by atoms with E-state index in [2.05, 4.69) is 0 Å². The molecule has 2 N–H and O–H groups in total. The number of benzene rings is 1. The van der Waals surface area contributed by atoms with Crippen molar-refractivity contribution in [3.8, 4) is 0 Å². The Balaban J connectivity index is 2.59. The molecule has 0 spiro atoms. The summed E-state index contributed by atoms with van der Waals surface area (Å²) >= 11 is 0. The molecule has 0 saturated heterocycles. The number of ether oxygens (including phenoxy) is 1.